The summed E-state index contributed by atoms with van der Waals surface area (Å²) in [5, 5.41) is 2.82. The van der Waals surface area contributed by atoms with Crippen molar-refractivity contribution in [1.29, 1.82) is 0 Å². The van der Waals surface area contributed by atoms with Gasteiger partial charge in [-0.25, -0.2) is 0 Å². The van der Waals surface area contributed by atoms with Crippen LogP contribution in [-0.2, 0) is 25.5 Å². The zero-order chi connectivity index (χ0) is 14.3. The fourth-order valence-electron chi connectivity index (χ4n) is 1.46. The maximum atomic E-state index is 10.9. The van der Waals surface area contributed by atoms with Crippen LogP contribution in [0.3, 0.4) is 0 Å². The molecule has 1 aliphatic rings. The molecule has 102 valence electrons. The highest BCUT2D eigenvalue weighted by Gasteiger charge is 2.12. The first kappa shape index (κ1) is 15.2. The average Bonchev–Trinajstić information content (AvgIpc) is 2.36. The zero-order valence-corrected chi connectivity index (χ0v) is 11.4. The van der Waals surface area contributed by atoms with Gasteiger partial charge in [-0.2, -0.15) is 8.42 Å². The molecule has 1 N–H and O–H groups in total. The molecule has 1 aliphatic heterocycles. The van der Waals surface area contributed by atoms with E-state index in [1.165, 1.54) is 5.56 Å². The van der Waals surface area contributed by atoms with Crippen molar-refractivity contribution in [3.63, 3.8) is 0 Å². The quantitative estimate of drug-likeness (QED) is 0.652. The summed E-state index contributed by atoms with van der Waals surface area (Å²) in [6.07, 6.45) is 7.14. The van der Waals surface area contributed by atoms with Crippen LogP contribution in [0.4, 0.5) is 5.69 Å². The van der Waals surface area contributed by atoms with Gasteiger partial charge in [0.2, 0.25) is 5.91 Å². The molecular weight excluding hydrogens is 266 g/mol. The summed E-state index contributed by atoms with van der Waals surface area (Å²) in [4.78, 5) is 10.9. The monoisotopic (exact) mass is 281 g/mol. The third-order valence-electron chi connectivity index (χ3n) is 2.27. The van der Waals surface area contributed by atoms with Gasteiger partial charge in [-0.3, -0.25) is 8.98 Å². The Labute approximate surface area is 113 Å². The van der Waals surface area contributed by atoms with Gasteiger partial charge in [0, 0.05) is 12.1 Å². The summed E-state index contributed by atoms with van der Waals surface area (Å²) in [7, 11) is -3.33. The molecule has 6 heteroatoms. The molecule has 0 aliphatic carbocycles. The maximum Gasteiger partial charge on any atom is 0.265 e. The van der Waals surface area contributed by atoms with Gasteiger partial charge in [-0.1, -0.05) is 24.1 Å². The fraction of sp³-hybridized carbons (Fsp3) is 0.308. The molecule has 0 aromatic heterocycles. The number of aryl methyl sites for hydroxylation is 1. The number of fused-ring (bicyclic) bond motifs is 1. The van der Waals surface area contributed by atoms with E-state index in [1.807, 2.05) is 24.1 Å². The molecule has 1 aromatic rings. The molecule has 0 saturated heterocycles. The van der Waals surface area contributed by atoms with Crippen LogP contribution < -0.4 is 5.32 Å². The van der Waals surface area contributed by atoms with Crippen molar-refractivity contribution < 1.29 is 17.4 Å². The Hall–Kier alpha value is -1.84. The lowest BCUT2D eigenvalue weighted by Crippen LogP contribution is -2.18. The van der Waals surface area contributed by atoms with Gasteiger partial charge in [0.1, 0.15) is 6.61 Å². The summed E-state index contributed by atoms with van der Waals surface area (Å²) in [6, 6.07) is 7.92. The second-order valence-corrected chi connectivity index (χ2v) is 5.52. The number of terminal acetylenes is 1. The normalized spacial score (nSPS) is 13.4. The fourth-order valence-corrected chi connectivity index (χ4v) is 1.74. The van der Waals surface area contributed by atoms with Crippen molar-refractivity contribution >= 4 is 21.7 Å². The van der Waals surface area contributed by atoms with Crippen LogP contribution in [0, 0.1) is 12.3 Å². The van der Waals surface area contributed by atoms with Crippen molar-refractivity contribution in [2.24, 2.45) is 0 Å². The van der Waals surface area contributed by atoms with Crippen molar-refractivity contribution in [1.82, 2.24) is 0 Å². The van der Waals surface area contributed by atoms with E-state index < -0.39 is 10.1 Å². The lowest BCUT2D eigenvalue weighted by molar-refractivity contribution is -0.116. The van der Waals surface area contributed by atoms with Gasteiger partial charge in [0.05, 0.1) is 6.26 Å². The minimum atomic E-state index is -3.33. The van der Waals surface area contributed by atoms with Crippen LogP contribution in [0.15, 0.2) is 24.3 Å². The number of rotatable bonds is 2. The number of carbonyl (C=O) groups is 1. The van der Waals surface area contributed by atoms with E-state index >= 15 is 0 Å². The molecule has 0 saturated carbocycles. The van der Waals surface area contributed by atoms with E-state index in [1.54, 1.807) is 0 Å². The predicted molar refractivity (Wildman–Crippen MR) is 73.0 cm³/mol. The minimum absolute atomic E-state index is 0.128. The lowest BCUT2D eigenvalue weighted by atomic mass is 10.0. The Bertz CT molecular complexity index is 587. The Balaban J connectivity index is 0.000000203. The van der Waals surface area contributed by atoms with E-state index in [9.17, 15) is 13.2 Å². The molecule has 1 amide bonds. The first-order valence-electron chi connectivity index (χ1n) is 5.58. The SMILES string of the molecule is C#CCOS(C)(=O)=O.O=C1CCc2ccccc2N1. The van der Waals surface area contributed by atoms with Crippen LogP contribution in [0.5, 0.6) is 0 Å². The molecule has 0 radical (unpaired) electrons. The molecule has 2 rings (SSSR count). The Kier molecular flexibility index (Phi) is 5.55. The Morgan fingerprint density at radius 1 is 1.37 bits per heavy atom. The van der Waals surface area contributed by atoms with Gasteiger partial charge in [-0.05, 0) is 18.1 Å². The molecule has 1 aromatic carbocycles. The molecule has 19 heavy (non-hydrogen) atoms. The van der Waals surface area contributed by atoms with Crippen molar-refractivity contribution in [3.05, 3.63) is 29.8 Å². The van der Waals surface area contributed by atoms with Gasteiger partial charge >= 0.3 is 0 Å². The number of hydrogen-bond donors (Lipinski definition) is 1. The Morgan fingerprint density at radius 2 is 2.05 bits per heavy atom. The topological polar surface area (TPSA) is 72.5 Å². The molecule has 0 bridgehead atoms. The van der Waals surface area contributed by atoms with Crippen molar-refractivity contribution in [2.45, 2.75) is 12.8 Å². The van der Waals surface area contributed by atoms with Gasteiger partial charge in [-0.15, -0.1) is 6.42 Å². The number of para-hydroxylation sites is 1. The van der Waals surface area contributed by atoms with Crippen LogP contribution in [0.1, 0.15) is 12.0 Å². The minimum Gasteiger partial charge on any atom is -0.326 e. The molecule has 0 atom stereocenters. The van der Waals surface area contributed by atoms with Crippen LogP contribution >= 0.6 is 0 Å². The number of carbonyl (C=O) groups excluding carboxylic acids is 1. The summed E-state index contributed by atoms with van der Waals surface area (Å²) in [6.45, 7) is -0.182. The van der Waals surface area contributed by atoms with Crippen LogP contribution in [0.25, 0.3) is 0 Å². The lowest BCUT2D eigenvalue weighted by Gasteiger charge is -2.15. The van der Waals surface area contributed by atoms with E-state index in [4.69, 9.17) is 6.42 Å². The maximum absolute atomic E-state index is 10.9. The van der Waals surface area contributed by atoms with Gasteiger partial charge in [0.25, 0.3) is 10.1 Å². The van der Waals surface area contributed by atoms with Crippen LogP contribution in [-0.4, -0.2) is 27.2 Å². The van der Waals surface area contributed by atoms with E-state index in [0.29, 0.717) is 6.42 Å². The zero-order valence-electron chi connectivity index (χ0n) is 10.5. The van der Waals surface area contributed by atoms with Crippen LogP contribution in [0.2, 0.25) is 0 Å². The van der Waals surface area contributed by atoms with E-state index in [0.717, 1.165) is 18.4 Å². The summed E-state index contributed by atoms with van der Waals surface area (Å²) in [5.74, 6) is 2.15. The first-order chi connectivity index (χ1) is 8.92. The van der Waals surface area contributed by atoms with Gasteiger partial charge in [0.15, 0.2) is 0 Å². The molecule has 0 spiro atoms. The standard InChI is InChI=1S/C9H9NO.C4H6O3S/c11-9-6-5-7-3-1-2-4-8(7)10-9;1-3-4-7-8(2,5)6/h1-4H,5-6H2,(H,10,11);1H,4H2,2H3. The number of anilines is 1. The molecule has 1 heterocycles. The Morgan fingerprint density at radius 3 is 2.63 bits per heavy atom. The third kappa shape index (κ3) is 6.04. The highest BCUT2D eigenvalue weighted by Crippen LogP contribution is 2.20. The molecular formula is C13H15NO4S. The van der Waals surface area contributed by atoms with Crippen molar-refractivity contribution in [2.75, 3.05) is 18.2 Å². The first-order valence-corrected chi connectivity index (χ1v) is 7.39. The summed E-state index contributed by atoms with van der Waals surface area (Å²) in [5.41, 5.74) is 2.22. The highest BCUT2D eigenvalue weighted by atomic mass is 32.2. The highest BCUT2D eigenvalue weighted by molar-refractivity contribution is 7.85. The number of nitrogens with one attached hydrogen (secondary N) is 1. The third-order valence-corrected chi connectivity index (χ3v) is 2.82. The van der Waals surface area contributed by atoms with Crippen molar-refractivity contribution in [3.8, 4) is 12.3 Å². The van der Waals surface area contributed by atoms with E-state index in [2.05, 4.69) is 15.6 Å². The van der Waals surface area contributed by atoms with E-state index in [-0.39, 0.29) is 12.5 Å². The number of benzene rings is 1. The second kappa shape index (κ2) is 6.92. The number of hydrogen-bond acceptors (Lipinski definition) is 4. The average molecular weight is 281 g/mol. The summed E-state index contributed by atoms with van der Waals surface area (Å²) >= 11 is 0. The summed E-state index contributed by atoms with van der Waals surface area (Å²) < 4.78 is 24.3. The predicted octanol–water partition coefficient (Wildman–Crippen LogP) is 1.17. The smallest absolute Gasteiger partial charge is 0.265 e. The molecule has 0 unspecified atom stereocenters. The molecule has 5 nitrogen and oxygen atoms in total. The number of amides is 1. The van der Waals surface area contributed by atoms with Gasteiger partial charge < -0.3 is 5.32 Å². The second-order valence-electron chi connectivity index (χ2n) is 3.88. The largest absolute Gasteiger partial charge is 0.326 e. The molecule has 0 fully saturated rings.